The first-order valence-electron chi connectivity index (χ1n) is 3.85. The van der Waals surface area contributed by atoms with Crippen LogP contribution in [-0.4, -0.2) is 38.9 Å². The molecule has 0 rings (SSSR count). The fraction of sp³-hybridized carbons (Fsp3) is 0.714. The van der Waals surface area contributed by atoms with Crippen LogP contribution >= 0.6 is 0 Å². The van der Waals surface area contributed by atoms with Gasteiger partial charge in [-0.1, -0.05) is 6.92 Å². The molecule has 0 aromatic heterocycles. The molecular formula is C7H13NO5S. The predicted octanol–water partition coefficient (Wildman–Crippen LogP) is -1.30. The Bertz CT molecular complexity index is 321. The Morgan fingerprint density at radius 2 is 1.93 bits per heavy atom. The molecule has 1 amide bonds. The van der Waals surface area contributed by atoms with Gasteiger partial charge in [-0.15, -0.1) is 0 Å². The maximum absolute atomic E-state index is 11.2. The van der Waals surface area contributed by atoms with Crippen molar-refractivity contribution in [3.05, 3.63) is 0 Å². The highest BCUT2D eigenvalue weighted by atomic mass is 32.2. The maximum Gasteiger partial charge on any atom is 0.309 e. The minimum absolute atomic E-state index is 0.428. The number of esters is 1. The van der Waals surface area contributed by atoms with Crippen molar-refractivity contribution in [1.29, 1.82) is 0 Å². The Morgan fingerprint density at radius 3 is 2.29 bits per heavy atom. The zero-order valence-electron chi connectivity index (χ0n) is 8.02. The molecule has 0 bridgehead atoms. The summed E-state index contributed by atoms with van der Waals surface area (Å²) < 4.78 is 26.7. The molecule has 0 fully saturated rings. The molecule has 0 aliphatic heterocycles. The average molecular weight is 223 g/mol. The third-order valence-corrected chi connectivity index (χ3v) is 3.20. The van der Waals surface area contributed by atoms with Crippen molar-refractivity contribution in [2.75, 3.05) is 18.6 Å². The molecule has 0 aromatic carbocycles. The molecule has 2 N–H and O–H groups in total. The second-order valence-corrected chi connectivity index (χ2v) is 5.05. The number of amides is 1. The van der Waals surface area contributed by atoms with Crippen LogP contribution in [0.2, 0.25) is 0 Å². The minimum Gasteiger partial charge on any atom is -0.469 e. The number of methoxy groups -OCH3 is 1. The summed E-state index contributed by atoms with van der Waals surface area (Å²) in [6.07, 6.45) is 0. The van der Waals surface area contributed by atoms with Crippen molar-refractivity contribution in [3.8, 4) is 0 Å². The zero-order valence-corrected chi connectivity index (χ0v) is 8.83. The Labute approximate surface area is 82.3 Å². The first-order chi connectivity index (χ1) is 6.28. The lowest BCUT2D eigenvalue weighted by Crippen LogP contribution is -2.29. The number of hydrogen-bond donors (Lipinski definition) is 1. The molecule has 6 nitrogen and oxygen atoms in total. The van der Waals surface area contributed by atoms with Crippen molar-refractivity contribution >= 4 is 21.7 Å². The van der Waals surface area contributed by atoms with Gasteiger partial charge in [0.2, 0.25) is 5.91 Å². The first kappa shape index (κ1) is 12.9. The van der Waals surface area contributed by atoms with Crippen LogP contribution in [0.5, 0.6) is 0 Å². The van der Waals surface area contributed by atoms with Crippen LogP contribution in [0.25, 0.3) is 0 Å². The molecule has 14 heavy (non-hydrogen) atoms. The maximum atomic E-state index is 11.2. The Kier molecular flexibility index (Phi) is 4.55. The standard InChI is InChI=1S/C7H13NO5S/c1-5(7(10)13-2)3-14(11,12)4-6(8)9/h5H,3-4H2,1-2H3,(H2,8,9). The molecule has 0 aliphatic rings. The molecule has 1 unspecified atom stereocenters. The van der Waals surface area contributed by atoms with Crippen LogP contribution in [0.1, 0.15) is 6.92 Å². The molecule has 0 heterocycles. The van der Waals surface area contributed by atoms with Crippen LogP contribution in [0.4, 0.5) is 0 Å². The van der Waals surface area contributed by atoms with Crippen LogP contribution in [0, 0.1) is 5.92 Å². The van der Waals surface area contributed by atoms with E-state index in [1.807, 2.05) is 0 Å². The lowest BCUT2D eigenvalue weighted by atomic mass is 10.2. The van der Waals surface area contributed by atoms with Gasteiger partial charge < -0.3 is 10.5 Å². The minimum atomic E-state index is -3.61. The summed E-state index contributed by atoms with van der Waals surface area (Å²) in [6, 6.07) is 0. The Balaban J connectivity index is 4.37. The number of hydrogen-bond acceptors (Lipinski definition) is 5. The quantitative estimate of drug-likeness (QED) is 0.583. The van der Waals surface area contributed by atoms with E-state index >= 15 is 0 Å². The lowest BCUT2D eigenvalue weighted by molar-refractivity contribution is -0.144. The Hall–Kier alpha value is -1.11. The van der Waals surface area contributed by atoms with E-state index in [4.69, 9.17) is 5.73 Å². The zero-order chi connectivity index (χ0) is 11.4. The van der Waals surface area contributed by atoms with Crippen LogP contribution in [0.3, 0.4) is 0 Å². The van der Waals surface area contributed by atoms with Gasteiger partial charge in [-0.05, 0) is 0 Å². The second kappa shape index (κ2) is 4.94. The average Bonchev–Trinajstić information content (AvgIpc) is 1.99. The van der Waals surface area contributed by atoms with Gasteiger partial charge in [0.25, 0.3) is 0 Å². The van der Waals surface area contributed by atoms with Gasteiger partial charge in [0.05, 0.1) is 18.8 Å². The van der Waals surface area contributed by atoms with Crippen LogP contribution < -0.4 is 5.73 Å². The van der Waals surface area contributed by atoms with E-state index in [9.17, 15) is 18.0 Å². The summed E-state index contributed by atoms with van der Waals surface area (Å²) in [4.78, 5) is 21.2. The summed E-state index contributed by atoms with van der Waals surface area (Å²) in [5.41, 5.74) is 4.73. The van der Waals surface area contributed by atoms with E-state index < -0.39 is 39.1 Å². The third-order valence-electron chi connectivity index (χ3n) is 1.47. The van der Waals surface area contributed by atoms with Crippen molar-refractivity contribution in [2.45, 2.75) is 6.92 Å². The predicted molar refractivity (Wildman–Crippen MR) is 49.0 cm³/mol. The lowest BCUT2D eigenvalue weighted by Gasteiger charge is -2.08. The van der Waals surface area contributed by atoms with Gasteiger partial charge in [0, 0.05) is 0 Å². The van der Waals surface area contributed by atoms with Gasteiger partial charge in [-0.25, -0.2) is 8.42 Å². The monoisotopic (exact) mass is 223 g/mol. The fourth-order valence-electron chi connectivity index (χ4n) is 0.926. The molecule has 1 atom stereocenters. The number of ether oxygens (including phenoxy) is 1. The van der Waals surface area contributed by atoms with E-state index in [0.717, 1.165) is 0 Å². The molecule has 0 spiro atoms. The Morgan fingerprint density at radius 1 is 1.43 bits per heavy atom. The number of nitrogens with two attached hydrogens (primary N) is 1. The molecular weight excluding hydrogens is 210 g/mol. The van der Waals surface area contributed by atoms with Crippen molar-refractivity contribution in [3.63, 3.8) is 0 Å². The molecule has 0 aromatic rings. The largest absolute Gasteiger partial charge is 0.469 e. The highest BCUT2D eigenvalue weighted by Gasteiger charge is 2.23. The SMILES string of the molecule is COC(=O)C(C)CS(=O)(=O)CC(N)=O. The summed E-state index contributed by atoms with van der Waals surface area (Å²) in [6.45, 7) is 1.41. The molecule has 7 heteroatoms. The highest BCUT2D eigenvalue weighted by Crippen LogP contribution is 2.03. The first-order valence-corrected chi connectivity index (χ1v) is 5.67. The van der Waals surface area contributed by atoms with Gasteiger partial charge in [0.1, 0.15) is 5.75 Å². The van der Waals surface area contributed by atoms with Gasteiger partial charge >= 0.3 is 5.97 Å². The van der Waals surface area contributed by atoms with E-state index in [2.05, 4.69) is 4.74 Å². The van der Waals surface area contributed by atoms with Crippen molar-refractivity contribution < 1.29 is 22.7 Å². The van der Waals surface area contributed by atoms with Gasteiger partial charge in [0.15, 0.2) is 9.84 Å². The normalized spacial score (nSPS) is 13.3. The molecule has 0 saturated heterocycles. The van der Waals surface area contributed by atoms with Gasteiger partial charge in [-0.2, -0.15) is 0 Å². The van der Waals surface area contributed by atoms with E-state index in [0.29, 0.717) is 0 Å². The summed E-state index contributed by atoms with van der Waals surface area (Å²) in [7, 11) is -2.44. The van der Waals surface area contributed by atoms with Crippen LogP contribution in [0.15, 0.2) is 0 Å². The summed E-state index contributed by atoms with van der Waals surface area (Å²) >= 11 is 0. The number of primary amides is 1. The fourth-order valence-corrected chi connectivity index (χ4v) is 2.38. The number of carbonyl (C=O) groups excluding carboxylic acids is 2. The topological polar surface area (TPSA) is 104 Å². The van der Waals surface area contributed by atoms with Crippen LogP contribution in [-0.2, 0) is 24.2 Å². The smallest absolute Gasteiger partial charge is 0.309 e. The van der Waals surface area contributed by atoms with E-state index in [1.54, 1.807) is 0 Å². The number of rotatable bonds is 5. The number of sulfone groups is 1. The second-order valence-electron chi connectivity index (χ2n) is 2.95. The summed E-state index contributed by atoms with van der Waals surface area (Å²) in [5.74, 6) is -3.51. The third kappa shape index (κ3) is 4.80. The van der Waals surface area contributed by atoms with Crippen molar-refractivity contribution in [2.24, 2.45) is 11.7 Å². The van der Waals surface area contributed by atoms with E-state index in [1.165, 1.54) is 14.0 Å². The van der Waals surface area contributed by atoms with Crippen molar-refractivity contribution in [1.82, 2.24) is 0 Å². The van der Waals surface area contributed by atoms with E-state index in [-0.39, 0.29) is 0 Å². The molecule has 0 radical (unpaired) electrons. The molecule has 0 aliphatic carbocycles. The molecule has 0 saturated carbocycles. The number of carbonyl (C=O) groups is 2. The molecule has 82 valence electrons. The summed E-state index contributed by atoms with van der Waals surface area (Å²) in [5, 5.41) is 0. The highest BCUT2D eigenvalue weighted by molar-refractivity contribution is 7.92. The van der Waals surface area contributed by atoms with Gasteiger partial charge in [-0.3, -0.25) is 9.59 Å².